The number of carbonyl (C=O) groups is 1. The Hall–Kier alpha value is -1.13. The first-order chi connectivity index (χ1) is 10.6. The summed E-state index contributed by atoms with van der Waals surface area (Å²) in [4.78, 5) is 16.9. The van der Waals surface area contributed by atoms with E-state index in [4.69, 9.17) is 11.6 Å². The fourth-order valence-electron chi connectivity index (χ4n) is 3.55. The van der Waals surface area contributed by atoms with Gasteiger partial charge in [-0.3, -0.25) is 9.69 Å². The normalized spacial score (nSPS) is 21.1. The molecule has 5 heteroatoms. The van der Waals surface area contributed by atoms with Crippen LogP contribution < -0.4 is 0 Å². The van der Waals surface area contributed by atoms with E-state index >= 15 is 0 Å². The molecule has 1 aromatic rings. The van der Waals surface area contributed by atoms with Crippen molar-refractivity contribution in [3.63, 3.8) is 0 Å². The van der Waals surface area contributed by atoms with Gasteiger partial charge in [-0.15, -0.1) is 0 Å². The average molecular weight is 325 g/mol. The van der Waals surface area contributed by atoms with Crippen molar-refractivity contribution in [3.8, 4) is 0 Å². The minimum Gasteiger partial charge on any atom is -0.336 e. The Balaban J connectivity index is 1.58. The minimum atomic E-state index is -0.486. The van der Waals surface area contributed by atoms with E-state index in [9.17, 15) is 9.18 Å². The zero-order valence-electron chi connectivity index (χ0n) is 12.7. The van der Waals surface area contributed by atoms with Crippen molar-refractivity contribution in [1.29, 1.82) is 0 Å². The summed E-state index contributed by atoms with van der Waals surface area (Å²) < 4.78 is 13.2. The number of amides is 1. The molecule has 120 valence electrons. The third-order valence-corrected chi connectivity index (χ3v) is 5.15. The molecule has 1 saturated carbocycles. The monoisotopic (exact) mass is 324 g/mol. The highest BCUT2D eigenvalue weighted by atomic mass is 35.5. The number of benzene rings is 1. The second-order valence-electron chi connectivity index (χ2n) is 6.25. The third-order valence-electron chi connectivity index (χ3n) is 4.86. The minimum absolute atomic E-state index is 0.00620. The number of rotatable bonds is 2. The van der Waals surface area contributed by atoms with Crippen LogP contribution in [-0.4, -0.2) is 47.9 Å². The molecule has 1 amide bonds. The first-order valence-electron chi connectivity index (χ1n) is 8.13. The Labute approximate surface area is 136 Å². The van der Waals surface area contributed by atoms with E-state index in [0.717, 1.165) is 26.2 Å². The highest BCUT2D eigenvalue weighted by molar-refractivity contribution is 6.31. The highest BCUT2D eigenvalue weighted by Crippen LogP contribution is 2.24. The molecule has 2 aliphatic rings. The molecule has 1 saturated heterocycles. The van der Waals surface area contributed by atoms with Gasteiger partial charge >= 0.3 is 0 Å². The predicted octanol–water partition coefficient (Wildman–Crippen LogP) is 3.57. The number of hydrogen-bond acceptors (Lipinski definition) is 2. The third kappa shape index (κ3) is 3.44. The molecule has 0 bridgehead atoms. The second-order valence-corrected chi connectivity index (χ2v) is 6.66. The lowest BCUT2D eigenvalue weighted by Gasteiger charge is -2.40. The molecule has 0 spiro atoms. The summed E-state index contributed by atoms with van der Waals surface area (Å²) in [5.74, 6) is -0.537. The maximum absolute atomic E-state index is 13.2. The zero-order valence-corrected chi connectivity index (χ0v) is 13.5. The van der Waals surface area contributed by atoms with Crippen LogP contribution in [0, 0.1) is 5.82 Å². The van der Waals surface area contributed by atoms with Crippen LogP contribution in [0.5, 0.6) is 0 Å². The summed E-state index contributed by atoms with van der Waals surface area (Å²) in [7, 11) is 0. The average Bonchev–Trinajstić information content (AvgIpc) is 2.58. The summed E-state index contributed by atoms with van der Waals surface area (Å²) in [6.07, 6.45) is 6.61. The van der Waals surface area contributed by atoms with Crippen molar-refractivity contribution in [2.24, 2.45) is 0 Å². The lowest BCUT2D eigenvalue weighted by atomic mass is 9.94. The van der Waals surface area contributed by atoms with Gasteiger partial charge in [0.1, 0.15) is 5.82 Å². The summed E-state index contributed by atoms with van der Waals surface area (Å²) in [5, 5.41) is 0.00620. The fourth-order valence-corrected chi connectivity index (χ4v) is 3.73. The van der Waals surface area contributed by atoms with Gasteiger partial charge in [-0.2, -0.15) is 0 Å². The molecular weight excluding hydrogens is 303 g/mol. The Bertz CT molecular complexity index is 537. The first-order valence-corrected chi connectivity index (χ1v) is 8.51. The Morgan fingerprint density at radius 3 is 2.41 bits per heavy atom. The van der Waals surface area contributed by atoms with Crippen molar-refractivity contribution in [3.05, 3.63) is 34.6 Å². The molecule has 1 aromatic carbocycles. The molecule has 1 aliphatic heterocycles. The molecule has 22 heavy (non-hydrogen) atoms. The van der Waals surface area contributed by atoms with Gasteiger partial charge in [-0.25, -0.2) is 4.39 Å². The van der Waals surface area contributed by atoms with Crippen molar-refractivity contribution >= 4 is 17.5 Å². The Morgan fingerprint density at radius 2 is 1.77 bits per heavy atom. The van der Waals surface area contributed by atoms with E-state index in [1.54, 1.807) is 0 Å². The van der Waals surface area contributed by atoms with E-state index < -0.39 is 5.82 Å². The molecule has 3 rings (SSSR count). The SMILES string of the molecule is O=C(c1ccc(F)c(Cl)c1)N1CCN(C2CCCCC2)CC1. The fraction of sp³-hybridized carbons (Fsp3) is 0.588. The molecule has 1 aliphatic carbocycles. The number of nitrogens with zero attached hydrogens (tertiary/aromatic N) is 2. The van der Waals surface area contributed by atoms with Gasteiger partial charge in [0.25, 0.3) is 5.91 Å². The van der Waals surface area contributed by atoms with Crippen LogP contribution in [-0.2, 0) is 0 Å². The number of carbonyl (C=O) groups excluding carboxylic acids is 1. The second kappa shape index (κ2) is 6.97. The summed E-state index contributed by atoms with van der Waals surface area (Å²) in [6.45, 7) is 3.35. The summed E-state index contributed by atoms with van der Waals surface area (Å²) >= 11 is 5.77. The smallest absolute Gasteiger partial charge is 0.253 e. The van der Waals surface area contributed by atoms with Gasteiger partial charge in [0.05, 0.1) is 5.02 Å². The quantitative estimate of drug-likeness (QED) is 0.830. The van der Waals surface area contributed by atoms with E-state index in [0.29, 0.717) is 11.6 Å². The van der Waals surface area contributed by atoms with E-state index in [1.807, 2.05) is 4.90 Å². The lowest BCUT2D eigenvalue weighted by Crippen LogP contribution is -2.52. The molecule has 0 atom stereocenters. The molecule has 0 unspecified atom stereocenters. The molecule has 2 fully saturated rings. The van der Waals surface area contributed by atoms with Crippen LogP contribution >= 0.6 is 11.6 Å². The van der Waals surface area contributed by atoms with Gasteiger partial charge in [0.15, 0.2) is 0 Å². The zero-order chi connectivity index (χ0) is 15.5. The van der Waals surface area contributed by atoms with Gasteiger partial charge in [-0.1, -0.05) is 30.9 Å². The van der Waals surface area contributed by atoms with Crippen LogP contribution in [0.4, 0.5) is 4.39 Å². The Morgan fingerprint density at radius 1 is 1.09 bits per heavy atom. The molecular formula is C17H22ClFN2O. The van der Waals surface area contributed by atoms with Gasteiger partial charge in [0.2, 0.25) is 0 Å². The van der Waals surface area contributed by atoms with Crippen LogP contribution in [0.3, 0.4) is 0 Å². The summed E-state index contributed by atoms with van der Waals surface area (Å²) in [6, 6.07) is 4.89. The molecule has 1 heterocycles. The van der Waals surface area contributed by atoms with Gasteiger partial charge in [-0.05, 0) is 31.0 Å². The maximum atomic E-state index is 13.2. The Kier molecular flexibility index (Phi) is 4.99. The number of piperazine rings is 1. The van der Waals surface area contributed by atoms with Crippen molar-refractivity contribution in [2.45, 2.75) is 38.1 Å². The largest absolute Gasteiger partial charge is 0.336 e. The number of halogens is 2. The van der Waals surface area contributed by atoms with Crippen molar-refractivity contribution < 1.29 is 9.18 Å². The summed E-state index contributed by atoms with van der Waals surface area (Å²) in [5.41, 5.74) is 0.470. The highest BCUT2D eigenvalue weighted by Gasteiger charge is 2.27. The van der Waals surface area contributed by atoms with Gasteiger partial charge in [0, 0.05) is 37.8 Å². The lowest BCUT2D eigenvalue weighted by molar-refractivity contribution is 0.0523. The molecule has 3 nitrogen and oxygen atoms in total. The van der Waals surface area contributed by atoms with E-state index in [1.165, 1.54) is 50.3 Å². The first kappa shape index (κ1) is 15.8. The number of hydrogen-bond donors (Lipinski definition) is 0. The molecule has 0 aromatic heterocycles. The van der Waals surface area contributed by atoms with Crippen LogP contribution in [0.25, 0.3) is 0 Å². The maximum Gasteiger partial charge on any atom is 0.253 e. The van der Waals surface area contributed by atoms with Crippen molar-refractivity contribution in [1.82, 2.24) is 9.80 Å². The molecule has 0 radical (unpaired) electrons. The van der Waals surface area contributed by atoms with E-state index in [2.05, 4.69) is 4.90 Å². The van der Waals surface area contributed by atoms with Crippen LogP contribution in [0.15, 0.2) is 18.2 Å². The van der Waals surface area contributed by atoms with Crippen LogP contribution in [0.2, 0.25) is 5.02 Å². The molecule has 0 N–H and O–H groups in total. The predicted molar refractivity (Wildman–Crippen MR) is 85.8 cm³/mol. The van der Waals surface area contributed by atoms with Crippen molar-refractivity contribution in [2.75, 3.05) is 26.2 Å². The standard InChI is InChI=1S/C17H22ClFN2O/c18-15-12-13(6-7-16(15)19)17(22)21-10-8-20(9-11-21)14-4-2-1-3-5-14/h6-7,12,14H,1-5,8-11H2. The topological polar surface area (TPSA) is 23.6 Å². The van der Waals surface area contributed by atoms with Crippen LogP contribution in [0.1, 0.15) is 42.5 Å². The van der Waals surface area contributed by atoms with Gasteiger partial charge < -0.3 is 4.90 Å². The van der Waals surface area contributed by atoms with E-state index in [-0.39, 0.29) is 10.9 Å².